The first-order valence-electron chi connectivity index (χ1n) is 8.33. The lowest BCUT2D eigenvalue weighted by atomic mass is 10.2. The quantitative estimate of drug-likeness (QED) is 0.610. The predicted octanol–water partition coefficient (Wildman–Crippen LogP) is 5.00. The Kier molecular flexibility index (Phi) is 3.81. The molecule has 0 fully saturated rings. The van der Waals surface area contributed by atoms with Gasteiger partial charge in [0.15, 0.2) is 0 Å². The Hall–Kier alpha value is -2.26. The summed E-state index contributed by atoms with van der Waals surface area (Å²) in [5, 5.41) is 2.56. The van der Waals surface area contributed by atoms with E-state index in [1.165, 1.54) is 37.8 Å². The molecule has 0 radical (unpaired) electrons. The Morgan fingerprint density at radius 3 is 2.75 bits per heavy atom. The van der Waals surface area contributed by atoms with Crippen molar-refractivity contribution in [2.45, 2.75) is 25.3 Å². The summed E-state index contributed by atoms with van der Waals surface area (Å²) in [6, 6.07) is 19.7. The maximum atomic E-state index is 2.38. The molecule has 0 saturated heterocycles. The fourth-order valence-corrected chi connectivity index (χ4v) is 4.48. The van der Waals surface area contributed by atoms with Crippen LogP contribution in [0.25, 0.3) is 17.0 Å². The lowest BCUT2D eigenvalue weighted by Crippen LogP contribution is -2.36. The van der Waals surface area contributed by atoms with Crippen molar-refractivity contribution >= 4 is 34.4 Å². The average molecular weight is 333 g/mol. The number of fused-ring (bicyclic) bond motifs is 2. The van der Waals surface area contributed by atoms with Gasteiger partial charge in [0.2, 0.25) is 11.2 Å². The smallest absolute Gasteiger partial charge is 0.212 e. The summed E-state index contributed by atoms with van der Waals surface area (Å²) in [6.45, 7) is 5.32. The molecule has 0 amide bonds. The molecular weight excluding hydrogens is 312 g/mol. The van der Waals surface area contributed by atoms with Gasteiger partial charge in [0.1, 0.15) is 6.54 Å². The van der Waals surface area contributed by atoms with E-state index in [1.54, 1.807) is 0 Å². The van der Waals surface area contributed by atoms with E-state index in [-0.39, 0.29) is 0 Å². The Balaban J connectivity index is 1.81. The highest BCUT2D eigenvalue weighted by molar-refractivity contribution is 8.03. The maximum Gasteiger partial charge on any atom is 0.212 e. The molecule has 0 spiro atoms. The van der Waals surface area contributed by atoms with E-state index in [4.69, 9.17) is 0 Å². The number of hydrogen-bond donors (Lipinski definition) is 0. The summed E-state index contributed by atoms with van der Waals surface area (Å²) in [5.74, 6) is 0. The Bertz CT molecular complexity index is 959. The molecule has 3 aromatic rings. The van der Waals surface area contributed by atoms with Crippen molar-refractivity contribution in [1.29, 1.82) is 0 Å². The van der Waals surface area contributed by atoms with Crippen molar-refractivity contribution in [3.8, 4) is 0 Å². The van der Waals surface area contributed by atoms with Gasteiger partial charge < -0.3 is 4.90 Å². The van der Waals surface area contributed by atoms with Crippen LogP contribution in [0, 0.1) is 6.92 Å². The highest BCUT2D eigenvalue weighted by Crippen LogP contribution is 2.45. The minimum Gasteiger partial charge on any atom is -0.338 e. The number of para-hydroxylation sites is 1. The van der Waals surface area contributed by atoms with Gasteiger partial charge >= 0.3 is 0 Å². The van der Waals surface area contributed by atoms with Crippen LogP contribution in [0.2, 0.25) is 0 Å². The lowest BCUT2D eigenvalue weighted by molar-refractivity contribution is -0.669. The van der Waals surface area contributed by atoms with Crippen LogP contribution in [0.15, 0.2) is 64.5 Å². The van der Waals surface area contributed by atoms with Crippen molar-refractivity contribution < 1.29 is 4.57 Å². The molecule has 24 heavy (non-hydrogen) atoms. The van der Waals surface area contributed by atoms with Gasteiger partial charge in [-0.25, -0.2) is 0 Å². The molecule has 1 aliphatic rings. The molecule has 0 bridgehead atoms. The zero-order valence-corrected chi connectivity index (χ0v) is 15.1. The van der Waals surface area contributed by atoms with Crippen LogP contribution < -0.4 is 9.47 Å². The van der Waals surface area contributed by atoms with Crippen LogP contribution in [0.5, 0.6) is 0 Å². The SMILES string of the molecule is CC[n+]1c(C=C2Sc3cc(C)ccc3N2C)ccc2ccccc21. The number of rotatable bonds is 2. The monoisotopic (exact) mass is 333 g/mol. The predicted molar refractivity (Wildman–Crippen MR) is 103 cm³/mol. The second kappa shape index (κ2) is 5.99. The molecule has 0 aliphatic carbocycles. The van der Waals surface area contributed by atoms with Crippen LogP contribution in [-0.4, -0.2) is 7.05 Å². The van der Waals surface area contributed by atoms with Crippen molar-refractivity contribution in [1.82, 2.24) is 0 Å². The molecule has 3 heteroatoms. The van der Waals surface area contributed by atoms with E-state index in [2.05, 4.69) is 91.0 Å². The van der Waals surface area contributed by atoms with E-state index >= 15 is 0 Å². The molecule has 1 aromatic heterocycles. The average Bonchev–Trinajstić information content (AvgIpc) is 2.89. The van der Waals surface area contributed by atoms with Crippen molar-refractivity contribution in [3.63, 3.8) is 0 Å². The molecule has 2 nitrogen and oxygen atoms in total. The first-order chi connectivity index (χ1) is 11.7. The Labute approximate surface area is 147 Å². The molecule has 4 rings (SSSR count). The summed E-state index contributed by atoms with van der Waals surface area (Å²) in [4.78, 5) is 3.63. The molecule has 0 saturated carbocycles. The van der Waals surface area contributed by atoms with Gasteiger partial charge in [-0.1, -0.05) is 30.0 Å². The summed E-state index contributed by atoms with van der Waals surface area (Å²) in [6.07, 6.45) is 2.30. The van der Waals surface area contributed by atoms with Crippen molar-refractivity contribution in [2.24, 2.45) is 0 Å². The maximum absolute atomic E-state index is 2.38. The lowest BCUT2D eigenvalue weighted by Gasteiger charge is -2.13. The number of hydrogen-bond acceptors (Lipinski definition) is 2. The van der Waals surface area contributed by atoms with E-state index in [9.17, 15) is 0 Å². The fourth-order valence-electron chi connectivity index (χ4n) is 3.29. The minimum atomic E-state index is 0.959. The molecule has 1 aliphatic heterocycles. The Morgan fingerprint density at radius 2 is 1.92 bits per heavy atom. The van der Waals surface area contributed by atoms with E-state index < -0.39 is 0 Å². The van der Waals surface area contributed by atoms with Gasteiger partial charge in [0.25, 0.3) is 0 Å². The van der Waals surface area contributed by atoms with Crippen molar-refractivity contribution in [3.05, 3.63) is 70.9 Å². The van der Waals surface area contributed by atoms with Gasteiger partial charge in [-0.15, -0.1) is 0 Å². The van der Waals surface area contributed by atoms with E-state index in [0.29, 0.717) is 0 Å². The first-order valence-corrected chi connectivity index (χ1v) is 9.14. The minimum absolute atomic E-state index is 0.959. The second-order valence-corrected chi connectivity index (χ2v) is 7.24. The molecule has 2 heterocycles. The summed E-state index contributed by atoms with van der Waals surface area (Å²) in [5.41, 5.74) is 5.13. The number of aryl methyl sites for hydroxylation is 2. The number of pyridine rings is 1. The van der Waals surface area contributed by atoms with Gasteiger partial charge in [0, 0.05) is 35.5 Å². The number of benzene rings is 2. The largest absolute Gasteiger partial charge is 0.338 e. The third-order valence-corrected chi connectivity index (χ3v) is 5.73. The molecule has 0 unspecified atom stereocenters. The first kappa shape index (κ1) is 15.3. The van der Waals surface area contributed by atoms with Crippen LogP contribution in [0.3, 0.4) is 0 Å². The second-order valence-electron chi connectivity index (χ2n) is 6.18. The third-order valence-electron chi connectivity index (χ3n) is 4.58. The highest BCUT2D eigenvalue weighted by atomic mass is 32.2. The normalized spacial score (nSPS) is 15.3. The van der Waals surface area contributed by atoms with Crippen LogP contribution in [-0.2, 0) is 6.54 Å². The fraction of sp³-hybridized carbons (Fsp3) is 0.190. The summed E-state index contributed by atoms with van der Waals surface area (Å²) >= 11 is 1.85. The number of anilines is 1. The van der Waals surface area contributed by atoms with Crippen LogP contribution in [0.4, 0.5) is 5.69 Å². The standard InChI is InChI=1S/C21H21N2S/c1-4-23-17(11-10-16-7-5-6-8-18(16)23)14-21-22(3)19-12-9-15(2)13-20(19)24-21/h5-14H,4H2,1-3H3/q+1. The summed E-state index contributed by atoms with van der Waals surface area (Å²) in [7, 11) is 2.15. The molecule has 120 valence electrons. The van der Waals surface area contributed by atoms with Crippen LogP contribution >= 0.6 is 11.8 Å². The Morgan fingerprint density at radius 1 is 1.08 bits per heavy atom. The van der Waals surface area contributed by atoms with Crippen molar-refractivity contribution in [2.75, 3.05) is 11.9 Å². The topological polar surface area (TPSA) is 7.12 Å². The van der Waals surface area contributed by atoms with E-state index in [0.717, 1.165) is 6.54 Å². The number of nitrogens with zero attached hydrogens (tertiary/aromatic N) is 2. The van der Waals surface area contributed by atoms with Crippen LogP contribution in [0.1, 0.15) is 18.2 Å². The van der Waals surface area contributed by atoms with E-state index in [1.807, 2.05) is 11.8 Å². The number of thioether (sulfide) groups is 1. The zero-order chi connectivity index (χ0) is 16.7. The molecular formula is C21H21N2S+. The van der Waals surface area contributed by atoms with Gasteiger partial charge in [0.05, 0.1) is 10.7 Å². The summed E-state index contributed by atoms with van der Waals surface area (Å²) < 4.78 is 2.38. The molecule has 2 aromatic carbocycles. The third kappa shape index (κ3) is 2.49. The molecule has 0 N–H and O–H groups in total. The molecule has 0 atom stereocenters. The zero-order valence-electron chi connectivity index (χ0n) is 14.3. The van der Waals surface area contributed by atoms with Gasteiger partial charge in [-0.2, -0.15) is 4.57 Å². The van der Waals surface area contributed by atoms with Gasteiger partial charge in [-0.3, -0.25) is 0 Å². The number of aromatic nitrogens is 1. The highest BCUT2D eigenvalue weighted by Gasteiger charge is 2.23. The van der Waals surface area contributed by atoms with Gasteiger partial charge in [-0.05, 0) is 43.7 Å².